The molecule has 4 nitrogen and oxygen atoms in total. The van der Waals surface area contributed by atoms with Crippen molar-refractivity contribution in [2.75, 3.05) is 33.5 Å². The maximum atomic E-state index is 8.82. The van der Waals surface area contributed by atoms with Crippen molar-refractivity contribution in [3.63, 3.8) is 0 Å². The van der Waals surface area contributed by atoms with Crippen molar-refractivity contribution in [1.29, 1.82) is 0 Å². The van der Waals surface area contributed by atoms with E-state index in [0.29, 0.717) is 12.5 Å². The van der Waals surface area contributed by atoms with Crippen LogP contribution in [-0.4, -0.2) is 38.6 Å². The van der Waals surface area contributed by atoms with E-state index in [1.165, 1.54) is 0 Å². The second-order valence-corrected chi connectivity index (χ2v) is 4.69. The SMILES string of the molecule is COc1ccc(OCC2CCOCC2)c(C#CCO)c1. The topological polar surface area (TPSA) is 47.9 Å². The highest BCUT2D eigenvalue weighted by Gasteiger charge is 2.15. The number of hydrogen-bond donors (Lipinski definition) is 1. The van der Waals surface area contributed by atoms with E-state index in [1.807, 2.05) is 18.2 Å². The normalized spacial score (nSPS) is 15.3. The van der Waals surface area contributed by atoms with Crippen LogP contribution in [0, 0.1) is 17.8 Å². The van der Waals surface area contributed by atoms with Crippen molar-refractivity contribution >= 4 is 0 Å². The fourth-order valence-corrected chi connectivity index (χ4v) is 2.12. The van der Waals surface area contributed by atoms with Crippen LogP contribution in [0.3, 0.4) is 0 Å². The molecular weight excluding hydrogens is 256 g/mol. The third kappa shape index (κ3) is 4.16. The average molecular weight is 276 g/mol. The Hall–Kier alpha value is -1.70. The van der Waals surface area contributed by atoms with Crippen LogP contribution in [0.15, 0.2) is 18.2 Å². The monoisotopic (exact) mass is 276 g/mol. The highest BCUT2D eigenvalue weighted by atomic mass is 16.5. The predicted molar refractivity (Wildman–Crippen MR) is 76.0 cm³/mol. The minimum atomic E-state index is -0.170. The summed E-state index contributed by atoms with van der Waals surface area (Å²) >= 11 is 0. The number of aliphatic hydroxyl groups is 1. The van der Waals surface area contributed by atoms with Gasteiger partial charge in [-0.1, -0.05) is 11.8 Å². The van der Waals surface area contributed by atoms with Crippen molar-refractivity contribution in [1.82, 2.24) is 0 Å². The highest BCUT2D eigenvalue weighted by molar-refractivity contribution is 5.50. The van der Waals surface area contributed by atoms with Crippen LogP contribution in [0.2, 0.25) is 0 Å². The largest absolute Gasteiger partial charge is 0.497 e. The van der Waals surface area contributed by atoms with Gasteiger partial charge < -0.3 is 19.3 Å². The fraction of sp³-hybridized carbons (Fsp3) is 0.500. The zero-order valence-electron chi connectivity index (χ0n) is 11.7. The van der Waals surface area contributed by atoms with Gasteiger partial charge in [0.2, 0.25) is 0 Å². The average Bonchev–Trinajstić information content (AvgIpc) is 2.52. The highest BCUT2D eigenvalue weighted by Crippen LogP contribution is 2.25. The van der Waals surface area contributed by atoms with E-state index >= 15 is 0 Å². The molecule has 20 heavy (non-hydrogen) atoms. The summed E-state index contributed by atoms with van der Waals surface area (Å²) in [6.45, 7) is 2.13. The van der Waals surface area contributed by atoms with Gasteiger partial charge in [-0.3, -0.25) is 0 Å². The van der Waals surface area contributed by atoms with Crippen LogP contribution >= 0.6 is 0 Å². The smallest absolute Gasteiger partial charge is 0.135 e. The van der Waals surface area contributed by atoms with Crippen molar-refractivity contribution in [3.05, 3.63) is 23.8 Å². The molecule has 0 aromatic heterocycles. The van der Waals surface area contributed by atoms with Crippen LogP contribution in [0.25, 0.3) is 0 Å². The number of aliphatic hydroxyl groups excluding tert-OH is 1. The Bertz CT molecular complexity index is 481. The standard InChI is InChI=1S/C16H20O4/c1-18-15-4-5-16(14(11-15)3-2-8-17)20-12-13-6-9-19-10-7-13/h4-5,11,13,17H,6-10,12H2,1H3. The predicted octanol–water partition coefficient (Wildman–Crippen LogP) is 1.84. The van der Waals surface area contributed by atoms with E-state index in [4.69, 9.17) is 19.3 Å². The third-order valence-corrected chi connectivity index (χ3v) is 3.30. The molecule has 1 aliphatic heterocycles. The molecule has 0 radical (unpaired) electrons. The molecule has 1 aliphatic rings. The Morgan fingerprint density at radius 3 is 2.85 bits per heavy atom. The van der Waals surface area contributed by atoms with Crippen LogP contribution in [0.4, 0.5) is 0 Å². The van der Waals surface area contributed by atoms with Crippen molar-refractivity contribution in [3.8, 4) is 23.3 Å². The van der Waals surface area contributed by atoms with E-state index in [-0.39, 0.29) is 6.61 Å². The van der Waals surface area contributed by atoms with E-state index in [1.54, 1.807) is 7.11 Å². The molecule has 0 saturated carbocycles. The van der Waals surface area contributed by atoms with Gasteiger partial charge in [0.25, 0.3) is 0 Å². The summed E-state index contributed by atoms with van der Waals surface area (Å²) in [4.78, 5) is 0. The van der Waals surface area contributed by atoms with Crippen LogP contribution in [0.1, 0.15) is 18.4 Å². The van der Waals surface area contributed by atoms with Crippen LogP contribution < -0.4 is 9.47 Å². The number of rotatable bonds is 4. The molecule has 0 spiro atoms. The molecule has 0 aliphatic carbocycles. The van der Waals surface area contributed by atoms with E-state index in [9.17, 15) is 0 Å². The molecule has 0 unspecified atom stereocenters. The summed E-state index contributed by atoms with van der Waals surface area (Å²) in [5.41, 5.74) is 0.741. The Labute approximate surface area is 119 Å². The van der Waals surface area contributed by atoms with Gasteiger partial charge in [-0.2, -0.15) is 0 Å². The van der Waals surface area contributed by atoms with Crippen molar-refractivity contribution in [2.45, 2.75) is 12.8 Å². The Balaban J connectivity index is 2.05. The summed E-state index contributed by atoms with van der Waals surface area (Å²) in [7, 11) is 1.61. The Kier molecular flexibility index (Phi) is 5.72. The van der Waals surface area contributed by atoms with Gasteiger partial charge in [0.15, 0.2) is 0 Å². The van der Waals surface area contributed by atoms with Crippen molar-refractivity contribution in [2.24, 2.45) is 5.92 Å². The minimum absolute atomic E-state index is 0.170. The van der Waals surface area contributed by atoms with Crippen LogP contribution in [0.5, 0.6) is 11.5 Å². The first-order valence-electron chi connectivity index (χ1n) is 6.82. The summed E-state index contributed by atoms with van der Waals surface area (Å²) in [5.74, 6) is 7.53. The molecule has 1 aromatic rings. The molecule has 0 amide bonds. The molecule has 0 atom stereocenters. The summed E-state index contributed by atoms with van der Waals surface area (Å²) in [5, 5.41) is 8.82. The first-order chi connectivity index (χ1) is 9.83. The summed E-state index contributed by atoms with van der Waals surface area (Å²) in [6.07, 6.45) is 2.07. The molecule has 0 bridgehead atoms. The molecule has 1 saturated heterocycles. The maximum absolute atomic E-state index is 8.82. The second-order valence-electron chi connectivity index (χ2n) is 4.69. The van der Waals surface area contributed by atoms with Crippen molar-refractivity contribution < 1.29 is 19.3 Å². The van der Waals surface area contributed by atoms with Gasteiger partial charge in [-0.05, 0) is 37.0 Å². The lowest BCUT2D eigenvalue weighted by Gasteiger charge is -2.22. The van der Waals surface area contributed by atoms with Gasteiger partial charge in [0.05, 0.1) is 19.3 Å². The molecule has 108 valence electrons. The summed E-state index contributed by atoms with van der Waals surface area (Å²) < 4.78 is 16.4. The molecule has 1 heterocycles. The third-order valence-electron chi connectivity index (χ3n) is 3.30. The lowest BCUT2D eigenvalue weighted by molar-refractivity contribution is 0.0497. The molecular formula is C16H20O4. The second kappa shape index (κ2) is 7.78. The number of hydrogen-bond acceptors (Lipinski definition) is 4. The molecule has 4 heteroatoms. The lowest BCUT2D eigenvalue weighted by Crippen LogP contribution is -2.21. The number of methoxy groups -OCH3 is 1. The maximum Gasteiger partial charge on any atom is 0.135 e. The minimum Gasteiger partial charge on any atom is -0.497 e. The first-order valence-corrected chi connectivity index (χ1v) is 6.82. The van der Waals surface area contributed by atoms with E-state index < -0.39 is 0 Å². The van der Waals surface area contributed by atoms with Gasteiger partial charge in [-0.25, -0.2) is 0 Å². The van der Waals surface area contributed by atoms with E-state index in [2.05, 4.69) is 11.8 Å². The summed E-state index contributed by atoms with van der Waals surface area (Å²) in [6, 6.07) is 5.53. The Morgan fingerprint density at radius 1 is 1.35 bits per heavy atom. The molecule has 1 aromatic carbocycles. The molecule has 2 rings (SSSR count). The van der Waals surface area contributed by atoms with Gasteiger partial charge >= 0.3 is 0 Å². The van der Waals surface area contributed by atoms with Crippen LogP contribution in [-0.2, 0) is 4.74 Å². The van der Waals surface area contributed by atoms with Gasteiger partial charge in [0.1, 0.15) is 18.1 Å². The first kappa shape index (κ1) is 14.7. The quantitative estimate of drug-likeness (QED) is 0.853. The zero-order valence-corrected chi connectivity index (χ0v) is 11.7. The zero-order chi connectivity index (χ0) is 14.2. The number of ether oxygens (including phenoxy) is 3. The number of benzene rings is 1. The van der Waals surface area contributed by atoms with E-state index in [0.717, 1.165) is 43.1 Å². The molecule has 1 fully saturated rings. The van der Waals surface area contributed by atoms with Gasteiger partial charge in [-0.15, -0.1) is 0 Å². The molecule has 1 N–H and O–H groups in total. The lowest BCUT2D eigenvalue weighted by atomic mass is 10.0. The fourth-order valence-electron chi connectivity index (χ4n) is 2.12. The Morgan fingerprint density at radius 2 is 2.15 bits per heavy atom. The van der Waals surface area contributed by atoms with Gasteiger partial charge in [0, 0.05) is 13.2 Å².